The van der Waals surface area contributed by atoms with E-state index >= 15 is 0 Å². The van der Waals surface area contributed by atoms with Crippen molar-refractivity contribution < 1.29 is 28.9 Å². The van der Waals surface area contributed by atoms with Crippen molar-refractivity contribution in [2.75, 3.05) is 27.2 Å². The van der Waals surface area contributed by atoms with Crippen LogP contribution in [0.25, 0.3) is 11.1 Å². The number of nitrogens with zero attached hydrogens (tertiary/aromatic N) is 2. The number of likely N-dealkylation sites (N-methyl/N-ethyl adjacent to an activating group) is 1. The second-order valence-electron chi connectivity index (χ2n) is 14.1. The summed E-state index contributed by atoms with van der Waals surface area (Å²) in [4.78, 5) is 32.1. The molecule has 0 bridgehead atoms. The van der Waals surface area contributed by atoms with E-state index in [1.165, 1.54) is 7.11 Å². The van der Waals surface area contributed by atoms with Gasteiger partial charge in [-0.25, -0.2) is 9.59 Å². The molecular formula is C45H50N4O6. The van der Waals surface area contributed by atoms with Gasteiger partial charge in [-0.1, -0.05) is 104 Å². The first-order valence-corrected chi connectivity index (χ1v) is 18.7. The number of carbonyl (C=O) groups excluding carboxylic acids is 2. The highest BCUT2D eigenvalue weighted by molar-refractivity contribution is 5.83. The van der Waals surface area contributed by atoms with Crippen LogP contribution < -0.4 is 10.6 Å². The Morgan fingerprint density at radius 1 is 0.836 bits per heavy atom. The molecule has 10 heteroatoms. The molecular weight excluding hydrogens is 693 g/mol. The third-order valence-electron chi connectivity index (χ3n) is 10.0. The van der Waals surface area contributed by atoms with Gasteiger partial charge in [0.1, 0.15) is 6.04 Å². The van der Waals surface area contributed by atoms with Crippen LogP contribution in [0.5, 0.6) is 0 Å². The molecule has 2 amide bonds. The van der Waals surface area contributed by atoms with Crippen molar-refractivity contribution in [3.8, 4) is 11.1 Å². The Hall–Kier alpha value is -5.39. The summed E-state index contributed by atoms with van der Waals surface area (Å²) < 4.78 is 18.5. The fourth-order valence-corrected chi connectivity index (χ4v) is 6.88. The molecule has 10 nitrogen and oxygen atoms in total. The molecule has 0 unspecified atom stereocenters. The quantitative estimate of drug-likeness (QED) is 0.100. The van der Waals surface area contributed by atoms with Crippen molar-refractivity contribution in [1.29, 1.82) is 0 Å². The van der Waals surface area contributed by atoms with Gasteiger partial charge in [0.05, 0.1) is 25.9 Å². The number of nitrogens with one attached hydrogen (secondary N) is 2. The number of hydrogen-bond acceptors (Lipinski definition) is 8. The van der Waals surface area contributed by atoms with Crippen molar-refractivity contribution in [3.05, 3.63) is 161 Å². The van der Waals surface area contributed by atoms with Crippen molar-refractivity contribution in [2.45, 2.75) is 57.5 Å². The lowest BCUT2D eigenvalue weighted by Crippen LogP contribution is -2.47. The van der Waals surface area contributed by atoms with Gasteiger partial charge in [-0.05, 0) is 64.7 Å². The number of esters is 1. The van der Waals surface area contributed by atoms with E-state index in [2.05, 4.69) is 46.6 Å². The van der Waals surface area contributed by atoms with Crippen LogP contribution in [0.1, 0.15) is 52.8 Å². The maximum atomic E-state index is 12.9. The zero-order chi connectivity index (χ0) is 38.6. The highest BCUT2D eigenvalue weighted by atomic mass is 16.7. The van der Waals surface area contributed by atoms with Crippen LogP contribution in [-0.2, 0) is 45.0 Å². The third kappa shape index (κ3) is 10.9. The Morgan fingerprint density at radius 3 is 2.29 bits per heavy atom. The molecule has 3 N–H and O–H groups in total. The molecule has 1 fully saturated rings. The highest BCUT2D eigenvalue weighted by Gasteiger charge is 2.39. The summed E-state index contributed by atoms with van der Waals surface area (Å²) in [6, 6.07) is 38.3. The van der Waals surface area contributed by atoms with Gasteiger partial charge < -0.3 is 34.9 Å². The van der Waals surface area contributed by atoms with E-state index in [0.717, 1.165) is 57.6 Å². The number of ether oxygens (including phenoxy) is 3. The topological polar surface area (TPSA) is 122 Å². The predicted molar refractivity (Wildman–Crippen MR) is 212 cm³/mol. The van der Waals surface area contributed by atoms with Crippen molar-refractivity contribution >= 4 is 12.0 Å². The lowest BCUT2D eigenvalue weighted by atomic mass is 9.90. The summed E-state index contributed by atoms with van der Waals surface area (Å²) in [6.07, 6.45) is 2.03. The van der Waals surface area contributed by atoms with Gasteiger partial charge in [0, 0.05) is 55.8 Å². The first-order chi connectivity index (χ1) is 26.8. The largest absolute Gasteiger partial charge is 0.467 e. The number of rotatable bonds is 15. The molecule has 1 saturated heterocycles. The van der Waals surface area contributed by atoms with Crippen LogP contribution in [0.15, 0.2) is 128 Å². The number of benzene rings is 4. The molecule has 5 atom stereocenters. The first kappa shape index (κ1) is 39.3. The Morgan fingerprint density at radius 2 is 1.56 bits per heavy atom. The van der Waals surface area contributed by atoms with Crippen molar-refractivity contribution in [1.82, 2.24) is 20.5 Å². The molecule has 286 valence electrons. The molecule has 5 aromatic rings. The number of methoxy groups -OCH3 is 1. The summed E-state index contributed by atoms with van der Waals surface area (Å²) >= 11 is 0. The van der Waals surface area contributed by atoms with Gasteiger partial charge >= 0.3 is 12.0 Å². The highest BCUT2D eigenvalue weighted by Crippen LogP contribution is 2.42. The molecule has 0 radical (unpaired) electrons. The van der Waals surface area contributed by atoms with Crippen LogP contribution >= 0.6 is 0 Å². The van der Waals surface area contributed by atoms with Gasteiger partial charge in [-0.3, -0.25) is 4.98 Å². The average molecular weight is 743 g/mol. The van der Waals surface area contributed by atoms with E-state index in [0.29, 0.717) is 13.0 Å². The Balaban J connectivity index is 1.15. The third-order valence-corrected chi connectivity index (χ3v) is 10.0. The fraction of sp³-hybridized carbons (Fsp3) is 0.311. The minimum atomic E-state index is -0.820. The summed E-state index contributed by atoms with van der Waals surface area (Å²) in [5, 5.41) is 15.3. The molecule has 2 heterocycles. The second-order valence-corrected chi connectivity index (χ2v) is 14.1. The van der Waals surface area contributed by atoms with Crippen molar-refractivity contribution in [3.63, 3.8) is 0 Å². The molecule has 1 aromatic heterocycles. The van der Waals surface area contributed by atoms with E-state index in [4.69, 9.17) is 14.2 Å². The summed E-state index contributed by atoms with van der Waals surface area (Å²) in [7, 11) is 3.43. The SMILES string of the molecule is COC(=O)[C@H](Cc1ccccc1)NC(=O)NCc1cccc(-c2cccc([C@H]3O[C@@H](CN(C)CCc4ccccn4)[C@@H](C)[C@@H](c4ccc(CO)cc4)O3)c2)c1. The zero-order valence-corrected chi connectivity index (χ0v) is 31.6. The Kier molecular flexibility index (Phi) is 13.8. The average Bonchev–Trinajstić information content (AvgIpc) is 3.23. The molecule has 6 rings (SSSR count). The number of pyridine rings is 1. The lowest BCUT2D eigenvalue weighted by Gasteiger charge is -2.42. The minimum Gasteiger partial charge on any atom is -0.467 e. The van der Waals surface area contributed by atoms with Gasteiger partial charge in [0.15, 0.2) is 6.29 Å². The number of urea groups is 1. The first-order valence-electron chi connectivity index (χ1n) is 18.7. The number of amides is 2. The second kappa shape index (κ2) is 19.3. The van der Waals surface area contributed by atoms with Gasteiger partial charge in [-0.15, -0.1) is 0 Å². The standard InChI is InChI=1S/C45H50N4O6/c1-31-41(29-49(2)24-22-39-17-7-8-23-46-39)54-44(55-42(31)35-20-18-33(30-50)19-21-35)38-16-10-15-37(27-38)36-14-9-13-34(25-36)28-47-45(52)48-40(43(51)53-3)26-32-11-5-4-6-12-32/h4-21,23,25,27,31,40-42,44,50H,22,24,26,28-30H2,1-3H3,(H2,47,48,52)/t31-,40+,41+,42+,44+/m1/s1. The minimum absolute atomic E-state index is 0.0152. The summed E-state index contributed by atoms with van der Waals surface area (Å²) in [5.41, 5.74) is 7.62. The van der Waals surface area contributed by atoms with E-state index in [-0.39, 0.29) is 31.3 Å². The monoisotopic (exact) mass is 742 g/mol. The number of aliphatic hydroxyl groups excluding tert-OH is 1. The Labute approximate surface area is 323 Å². The summed E-state index contributed by atoms with van der Waals surface area (Å²) in [6.45, 7) is 3.98. The van der Waals surface area contributed by atoms with Gasteiger partial charge in [0.2, 0.25) is 0 Å². The number of aromatic nitrogens is 1. The van der Waals surface area contributed by atoms with E-state index in [1.54, 1.807) is 0 Å². The zero-order valence-electron chi connectivity index (χ0n) is 31.6. The van der Waals surface area contributed by atoms with Crippen LogP contribution in [-0.4, -0.2) is 66.4 Å². The number of hydrogen-bond donors (Lipinski definition) is 3. The molecule has 4 aromatic carbocycles. The molecule has 0 aliphatic carbocycles. The predicted octanol–water partition coefficient (Wildman–Crippen LogP) is 6.79. The van der Waals surface area contributed by atoms with Crippen LogP contribution in [0.4, 0.5) is 4.79 Å². The fourth-order valence-electron chi connectivity index (χ4n) is 6.88. The lowest BCUT2D eigenvalue weighted by molar-refractivity contribution is -0.275. The normalized spacial score (nSPS) is 18.7. The number of aliphatic hydroxyl groups is 1. The van der Waals surface area contributed by atoms with Gasteiger partial charge in [-0.2, -0.15) is 0 Å². The molecule has 1 aliphatic heterocycles. The summed E-state index contributed by atoms with van der Waals surface area (Å²) in [5.74, 6) is -0.453. The molecule has 55 heavy (non-hydrogen) atoms. The van der Waals surface area contributed by atoms with E-state index in [9.17, 15) is 14.7 Å². The Bertz CT molecular complexity index is 1980. The molecule has 1 aliphatic rings. The van der Waals surface area contributed by atoms with Crippen LogP contribution in [0.3, 0.4) is 0 Å². The molecule has 0 spiro atoms. The van der Waals surface area contributed by atoms with Crippen LogP contribution in [0.2, 0.25) is 0 Å². The van der Waals surface area contributed by atoms with Gasteiger partial charge in [0.25, 0.3) is 0 Å². The number of carbonyl (C=O) groups is 2. The smallest absolute Gasteiger partial charge is 0.328 e. The maximum absolute atomic E-state index is 12.9. The van der Waals surface area contributed by atoms with Crippen molar-refractivity contribution in [2.24, 2.45) is 5.92 Å². The van der Waals surface area contributed by atoms with Crippen LogP contribution in [0, 0.1) is 5.92 Å². The van der Waals surface area contributed by atoms with E-state index in [1.807, 2.05) is 115 Å². The maximum Gasteiger partial charge on any atom is 0.328 e. The molecule has 0 saturated carbocycles. The van der Waals surface area contributed by atoms with E-state index < -0.39 is 24.3 Å².